The topological polar surface area (TPSA) is 114 Å². The molecular formula is C17H15ClF3NO8. The minimum Gasteiger partial charge on any atom is -0.475 e. The lowest BCUT2D eigenvalue weighted by Gasteiger charge is -2.28. The first-order chi connectivity index (χ1) is 14.0. The fraction of sp³-hybridized carbons (Fsp3) is 0.412. The van der Waals surface area contributed by atoms with Crippen LogP contribution in [0.3, 0.4) is 0 Å². The summed E-state index contributed by atoms with van der Waals surface area (Å²) in [4.78, 5) is 37.6. The molecule has 0 bridgehead atoms. The number of esters is 2. The zero-order chi connectivity index (χ0) is 22.5. The van der Waals surface area contributed by atoms with Crippen LogP contribution in [0.5, 0.6) is 5.75 Å². The Hall–Kier alpha value is -3.02. The van der Waals surface area contributed by atoms with Gasteiger partial charge >= 0.3 is 18.1 Å². The maximum atomic E-state index is 13.4. The highest BCUT2D eigenvalue weighted by Gasteiger charge is 2.49. The van der Waals surface area contributed by atoms with Crippen molar-refractivity contribution in [2.24, 2.45) is 0 Å². The van der Waals surface area contributed by atoms with Gasteiger partial charge in [-0.05, 0) is 37.1 Å². The highest BCUT2D eigenvalue weighted by Crippen LogP contribution is 2.40. The predicted molar refractivity (Wildman–Crippen MR) is 93.9 cm³/mol. The van der Waals surface area contributed by atoms with Crippen LogP contribution in [0.2, 0.25) is 5.02 Å². The van der Waals surface area contributed by atoms with E-state index in [2.05, 4.69) is 14.3 Å². The SMILES string of the molecule is Cc1cc(Cl)cc2c1O[C@H](C(F)(F)F)C(C(=O)OCOC(=O)CCCO[N+](=O)[O-])=C2. The summed E-state index contributed by atoms with van der Waals surface area (Å²) in [5.41, 5.74) is -0.326. The number of hydrogen-bond acceptors (Lipinski definition) is 8. The van der Waals surface area contributed by atoms with Gasteiger partial charge in [-0.2, -0.15) is 13.2 Å². The highest BCUT2D eigenvalue weighted by molar-refractivity contribution is 6.30. The van der Waals surface area contributed by atoms with Crippen LogP contribution in [0, 0.1) is 17.0 Å². The van der Waals surface area contributed by atoms with Crippen LogP contribution in [0.1, 0.15) is 24.0 Å². The summed E-state index contributed by atoms with van der Waals surface area (Å²) >= 11 is 5.90. The standard InChI is InChI=1S/C17H15ClF3NO8/c1-9-5-11(18)6-10-7-12(15(17(19,20)21)30-14(9)10)16(24)28-8-27-13(23)3-2-4-29-22(25)26/h5-7,15H,2-4,8H2,1H3/t15-/m0/s1. The van der Waals surface area contributed by atoms with Gasteiger partial charge in [-0.25, -0.2) is 4.79 Å². The van der Waals surface area contributed by atoms with Crippen molar-refractivity contribution in [2.75, 3.05) is 13.4 Å². The van der Waals surface area contributed by atoms with E-state index in [4.69, 9.17) is 16.3 Å². The van der Waals surface area contributed by atoms with E-state index in [0.29, 0.717) is 5.56 Å². The van der Waals surface area contributed by atoms with E-state index in [0.717, 1.165) is 6.08 Å². The zero-order valence-electron chi connectivity index (χ0n) is 15.4. The Kier molecular flexibility index (Phi) is 7.48. The summed E-state index contributed by atoms with van der Waals surface area (Å²) in [6, 6.07) is 2.75. The van der Waals surface area contributed by atoms with Crippen molar-refractivity contribution < 1.29 is 46.9 Å². The highest BCUT2D eigenvalue weighted by atomic mass is 35.5. The molecule has 1 aliphatic heterocycles. The van der Waals surface area contributed by atoms with E-state index in [1.165, 1.54) is 19.1 Å². The van der Waals surface area contributed by atoms with Crippen molar-refractivity contribution in [3.63, 3.8) is 0 Å². The molecule has 0 N–H and O–H groups in total. The summed E-state index contributed by atoms with van der Waals surface area (Å²) in [5, 5.41) is 9.16. The Morgan fingerprint density at radius 2 is 2.00 bits per heavy atom. The Balaban J connectivity index is 2.02. The van der Waals surface area contributed by atoms with Crippen LogP contribution in [0.25, 0.3) is 6.08 Å². The van der Waals surface area contributed by atoms with Gasteiger partial charge in [-0.15, -0.1) is 10.1 Å². The molecule has 1 aromatic rings. The lowest BCUT2D eigenvalue weighted by Crippen LogP contribution is -2.41. The molecule has 1 aromatic carbocycles. The van der Waals surface area contributed by atoms with Crippen molar-refractivity contribution in [3.05, 3.63) is 44.0 Å². The summed E-state index contributed by atoms with van der Waals surface area (Å²) < 4.78 is 54.3. The number of carbonyl (C=O) groups excluding carboxylic acids is 2. The Morgan fingerprint density at radius 1 is 1.30 bits per heavy atom. The van der Waals surface area contributed by atoms with E-state index in [1.807, 2.05) is 0 Å². The van der Waals surface area contributed by atoms with Gasteiger partial charge in [0.1, 0.15) is 5.75 Å². The molecular weight excluding hydrogens is 439 g/mol. The molecule has 1 aliphatic rings. The monoisotopic (exact) mass is 453 g/mol. The first kappa shape index (κ1) is 23.3. The molecule has 164 valence electrons. The molecule has 2 rings (SSSR count). The van der Waals surface area contributed by atoms with Gasteiger partial charge in [0.05, 0.1) is 12.2 Å². The van der Waals surface area contributed by atoms with Crippen LogP contribution >= 0.6 is 11.6 Å². The molecule has 0 unspecified atom stereocenters. The molecule has 0 saturated heterocycles. The number of ether oxygens (including phenoxy) is 3. The number of fused-ring (bicyclic) bond motifs is 1. The number of benzene rings is 1. The number of rotatable bonds is 8. The summed E-state index contributed by atoms with van der Waals surface area (Å²) in [6.45, 7) is 0.212. The smallest absolute Gasteiger partial charge is 0.430 e. The van der Waals surface area contributed by atoms with Crippen LogP contribution in [0.15, 0.2) is 17.7 Å². The van der Waals surface area contributed by atoms with Crippen molar-refractivity contribution in [2.45, 2.75) is 32.0 Å². The van der Waals surface area contributed by atoms with Gasteiger partial charge < -0.3 is 19.0 Å². The second kappa shape index (κ2) is 9.65. The number of nitrogens with zero attached hydrogens (tertiary/aromatic N) is 1. The summed E-state index contributed by atoms with van der Waals surface area (Å²) in [7, 11) is 0. The third-order valence-corrected chi connectivity index (χ3v) is 3.98. The van der Waals surface area contributed by atoms with Crippen LogP contribution in [-0.2, 0) is 23.9 Å². The lowest BCUT2D eigenvalue weighted by molar-refractivity contribution is -0.757. The zero-order valence-corrected chi connectivity index (χ0v) is 16.1. The molecule has 0 amide bonds. The quantitative estimate of drug-likeness (QED) is 0.193. The minimum atomic E-state index is -4.91. The second-order valence-corrected chi connectivity index (χ2v) is 6.44. The van der Waals surface area contributed by atoms with Gasteiger partial charge in [0.2, 0.25) is 12.9 Å². The van der Waals surface area contributed by atoms with Crippen LogP contribution < -0.4 is 4.74 Å². The van der Waals surface area contributed by atoms with E-state index < -0.39 is 41.7 Å². The third-order valence-electron chi connectivity index (χ3n) is 3.76. The molecule has 0 saturated carbocycles. The molecule has 0 spiro atoms. The number of aryl methyl sites for hydroxylation is 1. The number of alkyl halides is 3. The average molecular weight is 454 g/mol. The summed E-state index contributed by atoms with van der Waals surface area (Å²) in [6.07, 6.45) is -6.86. The van der Waals surface area contributed by atoms with Crippen molar-refractivity contribution in [1.29, 1.82) is 0 Å². The van der Waals surface area contributed by atoms with Gasteiger partial charge in [0.25, 0.3) is 5.09 Å². The molecule has 0 aromatic heterocycles. The largest absolute Gasteiger partial charge is 0.475 e. The fourth-order valence-electron chi connectivity index (χ4n) is 2.52. The predicted octanol–water partition coefficient (Wildman–Crippen LogP) is 3.39. The Labute approximate surface area is 172 Å². The maximum Gasteiger partial charge on any atom is 0.430 e. The Morgan fingerprint density at radius 3 is 2.63 bits per heavy atom. The normalized spacial score (nSPS) is 15.4. The second-order valence-electron chi connectivity index (χ2n) is 6.01. The van der Waals surface area contributed by atoms with E-state index >= 15 is 0 Å². The molecule has 0 fully saturated rings. The first-order valence-electron chi connectivity index (χ1n) is 8.34. The molecule has 13 heteroatoms. The van der Waals surface area contributed by atoms with Crippen LogP contribution in [0.4, 0.5) is 13.2 Å². The van der Waals surface area contributed by atoms with E-state index in [1.54, 1.807) is 0 Å². The fourth-order valence-corrected chi connectivity index (χ4v) is 2.80. The van der Waals surface area contributed by atoms with E-state index in [9.17, 15) is 32.9 Å². The Bertz CT molecular complexity index is 871. The van der Waals surface area contributed by atoms with Gasteiger partial charge in [-0.1, -0.05) is 11.6 Å². The van der Waals surface area contributed by atoms with Gasteiger partial charge in [0.15, 0.2) is 0 Å². The molecule has 30 heavy (non-hydrogen) atoms. The van der Waals surface area contributed by atoms with Crippen LogP contribution in [-0.4, -0.2) is 42.7 Å². The molecule has 0 radical (unpaired) electrons. The molecule has 1 heterocycles. The summed E-state index contributed by atoms with van der Waals surface area (Å²) in [5.74, 6) is -2.35. The van der Waals surface area contributed by atoms with Gasteiger partial charge in [-0.3, -0.25) is 4.79 Å². The lowest BCUT2D eigenvalue weighted by atomic mass is 9.99. The van der Waals surface area contributed by atoms with Crippen molar-refractivity contribution >= 4 is 29.6 Å². The third kappa shape index (κ3) is 6.24. The maximum absolute atomic E-state index is 13.4. The molecule has 1 atom stereocenters. The average Bonchev–Trinajstić information content (AvgIpc) is 2.63. The minimum absolute atomic E-state index is 0.0419. The van der Waals surface area contributed by atoms with E-state index in [-0.39, 0.29) is 35.8 Å². The number of halogens is 4. The van der Waals surface area contributed by atoms with Gasteiger partial charge in [0, 0.05) is 17.0 Å². The number of hydrogen-bond donors (Lipinski definition) is 0. The van der Waals surface area contributed by atoms with Crippen molar-refractivity contribution in [1.82, 2.24) is 0 Å². The molecule has 9 nitrogen and oxygen atoms in total. The van der Waals surface area contributed by atoms with Crippen molar-refractivity contribution in [3.8, 4) is 5.75 Å². The molecule has 0 aliphatic carbocycles. The number of carbonyl (C=O) groups is 2. The first-order valence-corrected chi connectivity index (χ1v) is 8.72.